The molecule has 1 fully saturated rings. The third-order valence-electron chi connectivity index (χ3n) is 4.87. The molecule has 1 aromatic rings. The van der Waals surface area contributed by atoms with Crippen LogP contribution in [0, 0.1) is 0 Å². The molecule has 0 spiro atoms. The van der Waals surface area contributed by atoms with E-state index in [0.29, 0.717) is 27.3 Å². The van der Waals surface area contributed by atoms with Crippen LogP contribution in [0.15, 0.2) is 23.1 Å². The van der Waals surface area contributed by atoms with Crippen molar-refractivity contribution in [3.63, 3.8) is 0 Å². The monoisotopic (exact) mass is 451 g/mol. The van der Waals surface area contributed by atoms with Gasteiger partial charge in [0.25, 0.3) is 5.91 Å². The molecule has 30 heavy (non-hydrogen) atoms. The van der Waals surface area contributed by atoms with Gasteiger partial charge in [-0.05, 0) is 25.0 Å². The second kappa shape index (κ2) is 12.6. The highest BCUT2D eigenvalue weighted by molar-refractivity contribution is 8.26. The first-order valence-corrected chi connectivity index (χ1v) is 11.4. The van der Waals surface area contributed by atoms with Gasteiger partial charge in [-0.3, -0.25) is 14.5 Å². The summed E-state index contributed by atoms with van der Waals surface area (Å²) < 4.78 is 11.3. The fourth-order valence-electron chi connectivity index (χ4n) is 3.29. The predicted molar refractivity (Wildman–Crippen MR) is 124 cm³/mol. The molecule has 2 rings (SSSR count). The van der Waals surface area contributed by atoms with E-state index in [1.54, 1.807) is 25.2 Å². The zero-order valence-corrected chi connectivity index (χ0v) is 19.2. The number of para-hydroxylation sites is 1. The van der Waals surface area contributed by atoms with Crippen molar-refractivity contribution in [2.24, 2.45) is 0 Å². The number of rotatable bonds is 13. The van der Waals surface area contributed by atoms with Gasteiger partial charge in [-0.2, -0.15) is 0 Å². The molecule has 1 N–H and O–H groups in total. The molecule has 1 aliphatic rings. The van der Waals surface area contributed by atoms with Crippen LogP contribution < -0.4 is 9.47 Å². The lowest BCUT2D eigenvalue weighted by atomic mass is 10.1. The molecular weight excluding hydrogens is 422 g/mol. The second-order valence-corrected chi connectivity index (χ2v) is 8.71. The van der Waals surface area contributed by atoms with Gasteiger partial charge >= 0.3 is 5.97 Å². The summed E-state index contributed by atoms with van der Waals surface area (Å²) in [5.74, 6) is 0.416. The van der Waals surface area contributed by atoms with Crippen LogP contribution >= 0.6 is 24.0 Å². The lowest BCUT2D eigenvalue weighted by molar-refractivity contribution is -0.137. The summed E-state index contributed by atoms with van der Waals surface area (Å²) in [6.07, 6.45) is 8.92. The maximum absolute atomic E-state index is 12.8. The first-order chi connectivity index (χ1) is 14.5. The number of hydrogen-bond donors (Lipinski definition) is 1. The van der Waals surface area contributed by atoms with E-state index in [1.807, 2.05) is 18.2 Å². The summed E-state index contributed by atoms with van der Waals surface area (Å²) in [5.41, 5.74) is 0.778. The number of amides is 1. The van der Waals surface area contributed by atoms with Gasteiger partial charge in [0.1, 0.15) is 4.32 Å². The highest BCUT2D eigenvalue weighted by Crippen LogP contribution is 2.37. The molecule has 1 aliphatic heterocycles. The molecule has 164 valence electrons. The number of aliphatic carboxylic acids is 1. The number of nitrogens with zero attached hydrogens (tertiary/aromatic N) is 1. The molecule has 0 aliphatic carbocycles. The molecule has 0 atom stereocenters. The van der Waals surface area contributed by atoms with E-state index in [4.69, 9.17) is 26.8 Å². The molecule has 0 radical (unpaired) electrons. The van der Waals surface area contributed by atoms with E-state index in [9.17, 15) is 9.59 Å². The average molecular weight is 452 g/mol. The van der Waals surface area contributed by atoms with Crippen molar-refractivity contribution in [2.75, 3.05) is 20.8 Å². The average Bonchev–Trinajstić information content (AvgIpc) is 2.99. The topological polar surface area (TPSA) is 76.1 Å². The minimum Gasteiger partial charge on any atom is -0.493 e. The highest BCUT2D eigenvalue weighted by atomic mass is 32.2. The third-order valence-corrected chi connectivity index (χ3v) is 6.24. The number of hydrogen-bond acceptors (Lipinski definition) is 6. The summed E-state index contributed by atoms with van der Waals surface area (Å²) in [7, 11) is 3.16. The van der Waals surface area contributed by atoms with E-state index < -0.39 is 5.97 Å². The van der Waals surface area contributed by atoms with Crippen molar-refractivity contribution in [3.8, 4) is 11.5 Å². The van der Waals surface area contributed by atoms with Crippen LogP contribution in [0.3, 0.4) is 0 Å². The number of carboxylic acid groups (broad SMARTS) is 1. The Balaban J connectivity index is 1.81. The number of carboxylic acids is 1. The zero-order chi connectivity index (χ0) is 21.9. The lowest BCUT2D eigenvalue weighted by Crippen LogP contribution is -2.29. The van der Waals surface area contributed by atoms with Crippen LogP contribution in [-0.2, 0) is 9.59 Å². The van der Waals surface area contributed by atoms with Crippen molar-refractivity contribution in [2.45, 2.75) is 51.4 Å². The standard InChI is InChI=1S/C22H29NO5S2/c1-27-17-12-10-11-16(20(17)28-2)15-18-21(26)23(22(29)30-18)14-9-7-5-3-4-6-8-13-19(24)25/h10-12,15H,3-9,13-14H2,1-2H3,(H,24,25)/b18-15-. The third kappa shape index (κ3) is 7.02. The minimum atomic E-state index is -0.725. The minimum absolute atomic E-state index is 0.0662. The Hall–Kier alpha value is -2.06. The number of thiocarbonyl (C=S) groups is 1. The summed E-state index contributed by atoms with van der Waals surface area (Å²) in [5, 5.41) is 8.62. The summed E-state index contributed by atoms with van der Waals surface area (Å²) in [6, 6.07) is 5.55. The Bertz CT molecular complexity index is 794. The van der Waals surface area contributed by atoms with E-state index in [-0.39, 0.29) is 12.3 Å². The number of methoxy groups -OCH3 is 2. The van der Waals surface area contributed by atoms with Crippen LogP contribution in [0.25, 0.3) is 6.08 Å². The van der Waals surface area contributed by atoms with Crippen molar-refractivity contribution >= 4 is 46.3 Å². The number of benzene rings is 1. The van der Waals surface area contributed by atoms with Gasteiger partial charge < -0.3 is 14.6 Å². The van der Waals surface area contributed by atoms with Crippen LogP contribution in [0.2, 0.25) is 0 Å². The Kier molecular flexibility index (Phi) is 10.2. The molecule has 8 heteroatoms. The Morgan fingerprint density at radius 1 is 1.10 bits per heavy atom. The van der Waals surface area contributed by atoms with Gasteiger partial charge in [0.15, 0.2) is 11.5 Å². The normalized spacial score (nSPS) is 15.1. The lowest BCUT2D eigenvalue weighted by Gasteiger charge is -2.14. The quantitative estimate of drug-likeness (QED) is 0.254. The maximum atomic E-state index is 12.8. The number of unbranched alkanes of at least 4 members (excludes halogenated alkanes) is 6. The van der Waals surface area contributed by atoms with E-state index in [1.165, 1.54) is 11.8 Å². The zero-order valence-electron chi connectivity index (χ0n) is 17.5. The largest absolute Gasteiger partial charge is 0.493 e. The highest BCUT2D eigenvalue weighted by Gasteiger charge is 2.31. The molecule has 0 saturated carbocycles. The summed E-state index contributed by atoms with van der Waals surface area (Å²) in [4.78, 5) is 25.5. The molecule has 0 bridgehead atoms. The smallest absolute Gasteiger partial charge is 0.303 e. The summed E-state index contributed by atoms with van der Waals surface area (Å²) in [6.45, 7) is 0.621. The molecule has 1 aromatic carbocycles. The first kappa shape index (κ1) is 24.2. The van der Waals surface area contributed by atoms with Gasteiger partial charge in [0.05, 0.1) is 19.1 Å². The maximum Gasteiger partial charge on any atom is 0.303 e. The molecule has 6 nitrogen and oxygen atoms in total. The van der Waals surface area contributed by atoms with Gasteiger partial charge in [-0.1, -0.05) is 68.2 Å². The number of thioether (sulfide) groups is 1. The molecule has 0 aromatic heterocycles. The van der Waals surface area contributed by atoms with Crippen molar-refractivity contribution in [3.05, 3.63) is 28.7 Å². The Labute approximate surface area is 187 Å². The SMILES string of the molecule is COc1cccc(/C=C2\SC(=S)N(CCCCCCCCCC(=O)O)C2=O)c1OC. The van der Waals surface area contributed by atoms with E-state index in [2.05, 4.69) is 0 Å². The van der Waals surface area contributed by atoms with Crippen molar-refractivity contribution in [1.82, 2.24) is 4.90 Å². The predicted octanol–water partition coefficient (Wildman–Crippen LogP) is 5.11. The summed E-state index contributed by atoms with van der Waals surface area (Å²) >= 11 is 6.73. The van der Waals surface area contributed by atoms with Gasteiger partial charge in [0.2, 0.25) is 0 Å². The molecule has 0 unspecified atom stereocenters. The fourth-order valence-corrected chi connectivity index (χ4v) is 4.59. The molecular formula is C22H29NO5S2. The molecule has 1 amide bonds. The van der Waals surface area contributed by atoms with Crippen LogP contribution in [0.5, 0.6) is 11.5 Å². The van der Waals surface area contributed by atoms with Crippen molar-refractivity contribution < 1.29 is 24.2 Å². The van der Waals surface area contributed by atoms with E-state index >= 15 is 0 Å². The molecule has 1 saturated heterocycles. The van der Waals surface area contributed by atoms with Crippen LogP contribution in [-0.4, -0.2) is 47.0 Å². The van der Waals surface area contributed by atoms with Gasteiger partial charge in [0, 0.05) is 18.5 Å². The number of carbonyl (C=O) groups excluding carboxylic acids is 1. The number of ether oxygens (including phenoxy) is 2. The number of carbonyl (C=O) groups is 2. The second-order valence-electron chi connectivity index (χ2n) is 7.03. The fraction of sp³-hybridized carbons (Fsp3) is 0.500. The van der Waals surface area contributed by atoms with Crippen molar-refractivity contribution in [1.29, 1.82) is 0 Å². The van der Waals surface area contributed by atoms with E-state index in [0.717, 1.165) is 50.5 Å². The van der Waals surface area contributed by atoms with Crippen LogP contribution in [0.1, 0.15) is 56.9 Å². The first-order valence-electron chi connectivity index (χ1n) is 10.2. The van der Waals surface area contributed by atoms with Crippen LogP contribution in [0.4, 0.5) is 0 Å². The Morgan fingerprint density at radius 2 is 1.77 bits per heavy atom. The van der Waals surface area contributed by atoms with Gasteiger partial charge in [-0.25, -0.2) is 0 Å². The Morgan fingerprint density at radius 3 is 2.40 bits per heavy atom. The van der Waals surface area contributed by atoms with Gasteiger partial charge in [-0.15, -0.1) is 0 Å². The molecule has 1 heterocycles.